The van der Waals surface area contributed by atoms with E-state index in [0.29, 0.717) is 6.54 Å². The highest BCUT2D eigenvalue weighted by Crippen LogP contribution is 2.48. The lowest BCUT2D eigenvalue weighted by molar-refractivity contribution is -0.123. The van der Waals surface area contributed by atoms with Crippen molar-refractivity contribution in [3.05, 3.63) is 70.2 Å². The molecule has 1 aliphatic carbocycles. The summed E-state index contributed by atoms with van der Waals surface area (Å²) in [4.78, 5) is 12.5. The molecule has 0 atom stereocenters. The van der Waals surface area contributed by atoms with Gasteiger partial charge in [0, 0.05) is 11.0 Å². The third-order valence-electron chi connectivity index (χ3n) is 3.88. The summed E-state index contributed by atoms with van der Waals surface area (Å²) in [6.07, 6.45) is 1.88. The molecule has 0 aliphatic heterocycles. The van der Waals surface area contributed by atoms with Gasteiger partial charge < -0.3 is 5.32 Å². The second kappa shape index (κ2) is 5.41. The maximum Gasteiger partial charge on any atom is 0.230 e. The number of halogens is 1. The number of carbonyl (C=O) groups is 1. The van der Waals surface area contributed by atoms with Gasteiger partial charge in [-0.1, -0.05) is 58.4 Å². The lowest BCUT2D eigenvalue weighted by Crippen LogP contribution is -2.34. The van der Waals surface area contributed by atoms with Crippen molar-refractivity contribution < 1.29 is 4.79 Å². The molecule has 0 radical (unpaired) electrons. The van der Waals surface area contributed by atoms with Crippen molar-refractivity contribution in [2.24, 2.45) is 0 Å². The number of rotatable bonds is 4. The topological polar surface area (TPSA) is 29.1 Å². The van der Waals surface area contributed by atoms with E-state index in [1.54, 1.807) is 0 Å². The summed E-state index contributed by atoms with van der Waals surface area (Å²) in [5, 5.41) is 3.06. The lowest BCUT2D eigenvalue weighted by Gasteiger charge is -2.16. The smallest absolute Gasteiger partial charge is 0.230 e. The van der Waals surface area contributed by atoms with Crippen LogP contribution in [-0.2, 0) is 16.8 Å². The Bertz CT molecular complexity index is 603. The van der Waals surface area contributed by atoms with E-state index >= 15 is 0 Å². The van der Waals surface area contributed by atoms with Crippen molar-refractivity contribution in [3.8, 4) is 0 Å². The molecule has 0 unspecified atom stereocenters. The van der Waals surface area contributed by atoms with Crippen molar-refractivity contribution in [1.29, 1.82) is 0 Å². The van der Waals surface area contributed by atoms with Crippen molar-refractivity contribution in [3.63, 3.8) is 0 Å². The first-order valence-electron chi connectivity index (χ1n) is 6.79. The Morgan fingerprint density at radius 1 is 1.05 bits per heavy atom. The quantitative estimate of drug-likeness (QED) is 0.908. The second-order valence-electron chi connectivity index (χ2n) is 5.26. The zero-order valence-electron chi connectivity index (χ0n) is 11.1. The molecule has 2 nitrogen and oxygen atoms in total. The minimum Gasteiger partial charge on any atom is -0.351 e. The largest absolute Gasteiger partial charge is 0.351 e. The highest BCUT2D eigenvalue weighted by Gasteiger charge is 2.50. The fourth-order valence-electron chi connectivity index (χ4n) is 2.49. The van der Waals surface area contributed by atoms with E-state index in [1.165, 1.54) is 0 Å². The Labute approximate surface area is 127 Å². The number of nitrogens with one attached hydrogen (secondary N) is 1. The van der Waals surface area contributed by atoms with Gasteiger partial charge >= 0.3 is 0 Å². The Morgan fingerprint density at radius 3 is 2.30 bits per heavy atom. The van der Waals surface area contributed by atoms with Gasteiger partial charge in [-0.2, -0.15) is 0 Å². The van der Waals surface area contributed by atoms with Crippen molar-refractivity contribution >= 4 is 21.8 Å². The standard InChI is InChI=1S/C17H16BrNO/c18-15-8-6-14(7-9-15)17(10-11-17)16(20)19-12-13-4-2-1-3-5-13/h1-9H,10-12H2,(H,19,20). The van der Waals surface area contributed by atoms with Crippen LogP contribution in [0.25, 0.3) is 0 Å². The van der Waals surface area contributed by atoms with Gasteiger partial charge in [0.15, 0.2) is 0 Å². The molecule has 2 aromatic rings. The maximum atomic E-state index is 12.5. The van der Waals surface area contributed by atoms with Crippen LogP contribution < -0.4 is 5.32 Å². The third kappa shape index (κ3) is 2.63. The van der Waals surface area contributed by atoms with Gasteiger partial charge in [0.1, 0.15) is 0 Å². The zero-order chi connectivity index (χ0) is 14.0. The molecule has 0 heterocycles. The van der Waals surface area contributed by atoms with Gasteiger partial charge in [-0.25, -0.2) is 0 Å². The number of hydrogen-bond donors (Lipinski definition) is 1. The molecule has 0 aromatic heterocycles. The van der Waals surface area contributed by atoms with Crippen molar-refractivity contribution in [2.75, 3.05) is 0 Å². The van der Waals surface area contributed by atoms with Crippen LogP contribution in [0.3, 0.4) is 0 Å². The summed E-state index contributed by atoms with van der Waals surface area (Å²) in [6, 6.07) is 18.1. The lowest BCUT2D eigenvalue weighted by atomic mass is 9.95. The molecule has 3 rings (SSSR count). The highest BCUT2D eigenvalue weighted by molar-refractivity contribution is 9.10. The Hall–Kier alpha value is -1.61. The average molecular weight is 330 g/mol. The first-order chi connectivity index (χ1) is 9.71. The third-order valence-corrected chi connectivity index (χ3v) is 4.41. The van der Waals surface area contributed by atoms with Crippen LogP contribution in [0.2, 0.25) is 0 Å². The van der Waals surface area contributed by atoms with E-state index in [1.807, 2.05) is 54.6 Å². The summed E-state index contributed by atoms with van der Waals surface area (Å²) in [6.45, 7) is 0.595. The fourth-order valence-corrected chi connectivity index (χ4v) is 2.75. The zero-order valence-corrected chi connectivity index (χ0v) is 12.7. The molecule has 102 valence electrons. The summed E-state index contributed by atoms with van der Waals surface area (Å²) < 4.78 is 1.04. The van der Waals surface area contributed by atoms with Crippen LogP contribution in [0.1, 0.15) is 24.0 Å². The van der Waals surface area contributed by atoms with Crippen LogP contribution in [0.4, 0.5) is 0 Å². The van der Waals surface area contributed by atoms with E-state index < -0.39 is 0 Å². The second-order valence-corrected chi connectivity index (χ2v) is 6.17. The number of benzene rings is 2. The Morgan fingerprint density at radius 2 is 1.70 bits per heavy atom. The SMILES string of the molecule is O=C(NCc1ccccc1)C1(c2ccc(Br)cc2)CC1. The first-order valence-corrected chi connectivity index (χ1v) is 7.58. The van der Waals surface area contributed by atoms with Gasteiger partial charge in [0.25, 0.3) is 0 Å². The maximum absolute atomic E-state index is 12.5. The predicted molar refractivity (Wildman–Crippen MR) is 83.3 cm³/mol. The summed E-state index contributed by atoms with van der Waals surface area (Å²) >= 11 is 3.43. The van der Waals surface area contributed by atoms with E-state index in [4.69, 9.17) is 0 Å². The fraction of sp³-hybridized carbons (Fsp3) is 0.235. The molecule has 1 fully saturated rings. The van der Waals surface area contributed by atoms with E-state index in [9.17, 15) is 4.79 Å². The van der Waals surface area contributed by atoms with E-state index in [-0.39, 0.29) is 11.3 Å². The van der Waals surface area contributed by atoms with Crippen LogP contribution in [0, 0.1) is 0 Å². The van der Waals surface area contributed by atoms with Gasteiger partial charge in [0.05, 0.1) is 5.41 Å². The highest BCUT2D eigenvalue weighted by atomic mass is 79.9. The Balaban J connectivity index is 1.69. The molecular formula is C17H16BrNO. The monoisotopic (exact) mass is 329 g/mol. The molecule has 2 aromatic carbocycles. The van der Waals surface area contributed by atoms with Crippen molar-refractivity contribution in [1.82, 2.24) is 5.32 Å². The number of carbonyl (C=O) groups excluding carboxylic acids is 1. The molecule has 0 bridgehead atoms. The Kier molecular flexibility index (Phi) is 3.62. The number of amides is 1. The molecule has 1 aliphatic rings. The summed E-state index contributed by atoms with van der Waals surface area (Å²) in [5.74, 6) is 0.142. The van der Waals surface area contributed by atoms with Crippen LogP contribution in [-0.4, -0.2) is 5.91 Å². The van der Waals surface area contributed by atoms with E-state index in [2.05, 4.69) is 21.2 Å². The molecule has 0 spiro atoms. The van der Waals surface area contributed by atoms with Gasteiger partial charge in [-0.3, -0.25) is 4.79 Å². The molecule has 3 heteroatoms. The van der Waals surface area contributed by atoms with Gasteiger partial charge in [0.2, 0.25) is 5.91 Å². The number of hydrogen-bond acceptors (Lipinski definition) is 1. The van der Waals surface area contributed by atoms with E-state index in [0.717, 1.165) is 28.4 Å². The summed E-state index contributed by atoms with van der Waals surface area (Å²) in [7, 11) is 0. The van der Waals surface area contributed by atoms with Crippen molar-refractivity contribution in [2.45, 2.75) is 24.8 Å². The minimum atomic E-state index is -0.296. The molecular weight excluding hydrogens is 314 g/mol. The molecule has 20 heavy (non-hydrogen) atoms. The summed E-state index contributed by atoms with van der Waals surface area (Å²) in [5.41, 5.74) is 1.95. The molecule has 1 N–H and O–H groups in total. The molecule has 1 amide bonds. The first kappa shape index (κ1) is 13.4. The van der Waals surface area contributed by atoms with Crippen LogP contribution in [0.5, 0.6) is 0 Å². The van der Waals surface area contributed by atoms with Gasteiger partial charge in [-0.05, 0) is 36.1 Å². The van der Waals surface area contributed by atoms with Crippen LogP contribution >= 0.6 is 15.9 Å². The molecule has 0 saturated heterocycles. The average Bonchev–Trinajstić information content (AvgIpc) is 3.28. The molecule has 1 saturated carbocycles. The van der Waals surface area contributed by atoms with Gasteiger partial charge in [-0.15, -0.1) is 0 Å². The predicted octanol–water partition coefficient (Wildman–Crippen LogP) is 3.80. The normalized spacial score (nSPS) is 15.7. The minimum absolute atomic E-state index is 0.142. The van der Waals surface area contributed by atoms with Crippen LogP contribution in [0.15, 0.2) is 59.1 Å².